The molecule has 1 aliphatic rings. The normalized spacial score (nSPS) is 22.3. The van der Waals surface area contributed by atoms with Gasteiger partial charge in [0, 0.05) is 20.9 Å². The van der Waals surface area contributed by atoms with E-state index in [1.54, 1.807) is 6.92 Å². The number of amides is 2. The Balaban J connectivity index is 2.01. The Labute approximate surface area is 179 Å². The SMILES string of the molecule is Cc1nc([C@H]2CC[C@H](NC(=O)OCC[Si](C)(C)C)[C@@H](NC(=O)OC(C)(C)C)C2)no1. The average molecular weight is 441 g/mol. The molecule has 1 heterocycles. The number of aromatic nitrogens is 2. The summed E-state index contributed by atoms with van der Waals surface area (Å²) in [7, 11) is -1.28. The van der Waals surface area contributed by atoms with Crippen LogP contribution in [-0.2, 0) is 9.47 Å². The lowest BCUT2D eigenvalue weighted by molar-refractivity contribution is 0.0471. The fourth-order valence-electron chi connectivity index (χ4n) is 3.32. The lowest BCUT2D eigenvalue weighted by Crippen LogP contribution is -2.55. The zero-order valence-electron chi connectivity index (χ0n) is 19.2. The van der Waals surface area contributed by atoms with Crippen molar-refractivity contribution in [2.75, 3.05) is 6.61 Å². The summed E-state index contributed by atoms with van der Waals surface area (Å²) in [6.45, 7) is 14.3. The summed E-state index contributed by atoms with van der Waals surface area (Å²) < 4.78 is 15.9. The highest BCUT2D eigenvalue weighted by molar-refractivity contribution is 6.76. The molecule has 2 N–H and O–H groups in total. The lowest BCUT2D eigenvalue weighted by atomic mass is 9.82. The van der Waals surface area contributed by atoms with Gasteiger partial charge in [-0.25, -0.2) is 9.59 Å². The van der Waals surface area contributed by atoms with Crippen LogP contribution in [0.1, 0.15) is 57.7 Å². The second kappa shape index (κ2) is 9.80. The predicted molar refractivity (Wildman–Crippen MR) is 115 cm³/mol. The fraction of sp³-hybridized carbons (Fsp3) is 0.800. The fourth-order valence-corrected chi connectivity index (χ4v) is 4.03. The molecular weight excluding hydrogens is 404 g/mol. The van der Waals surface area contributed by atoms with Crippen LogP contribution >= 0.6 is 0 Å². The van der Waals surface area contributed by atoms with Gasteiger partial charge in [0.25, 0.3) is 0 Å². The van der Waals surface area contributed by atoms with Crippen LogP contribution in [0.15, 0.2) is 4.52 Å². The summed E-state index contributed by atoms with van der Waals surface area (Å²) in [4.78, 5) is 29.0. The van der Waals surface area contributed by atoms with Gasteiger partial charge in [0.2, 0.25) is 5.89 Å². The van der Waals surface area contributed by atoms with E-state index in [1.807, 2.05) is 20.8 Å². The number of hydrogen-bond donors (Lipinski definition) is 2. The van der Waals surface area contributed by atoms with Crippen LogP contribution in [0.2, 0.25) is 25.7 Å². The lowest BCUT2D eigenvalue weighted by Gasteiger charge is -2.36. The molecule has 10 heteroatoms. The number of carbonyl (C=O) groups excluding carboxylic acids is 2. The van der Waals surface area contributed by atoms with Crippen molar-refractivity contribution in [3.05, 3.63) is 11.7 Å². The third-order valence-electron chi connectivity index (χ3n) is 4.85. The minimum absolute atomic E-state index is 0.0309. The number of hydrogen-bond acceptors (Lipinski definition) is 7. The largest absolute Gasteiger partial charge is 0.450 e. The molecule has 1 saturated carbocycles. The zero-order valence-corrected chi connectivity index (χ0v) is 20.2. The first-order valence-corrected chi connectivity index (χ1v) is 14.3. The minimum atomic E-state index is -1.28. The molecule has 0 aromatic carbocycles. The first kappa shape index (κ1) is 24.2. The maximum absolute atomic E-state index is 12.4. The second-order valence-corrected chi connectivity index (χ2v) is 15.8. The van der Waals surface area contributed by atoms with Gasteiger partial charge in [-0.2, -0.15) is 4.98 Å². The van der Waals surface area contributed by atoms with Crippen LogP contribution in [0, 0.1) is 6.92 Å². The molecule has 1 aliphatic carbocycles. The molecule has 9 nitrogen and oxygen atoms in total. The highest BCUT2D eigenvalue weighted by Crippen LogP contribution is 2.32. The molecule has 170 valence electrons. The van der Waals surface area contributed by atoms with Crippen molar-refractivity contribution in [1.29, 1.82) is 0 Å². The summed E-state index contributed by atoms with van der Waals surface area (Å²) in [6.07, 6.45) is 1.02. The topological polar surface area (TPSA) is 116 Å². The van der Waals surface area contributed by atoms with E-state index in [2.05, 4.69) is 40.4 Å². The third-order valence-corrected chi connectivity index (χ3v) is 6.55. The highest BCUT2D eigenvalue weighted by atomic mass is 28.3. The average Bonchev–Trinajstić information content (AvgIpc) is 3.00. The molecule has 30 heavy (non-hydrogen) atoms. The van der Waals surface area contributed by atoms with Crippen molar-refractivity contribution >= 4 is 20.3 Å². The van der Waals surface area contributed by atoms with Crippen LogP contribution in [-0.4, -0.2) is 54.7 Å². The zero-order chi connectivity index (χ0) is 22.5. The molecule has 0 bridgehead atoms. The molecule has 1 fully saturated rings. The Morgan fingerprint density at radius 2 is 1.80 bits per heavy atom. The molecule has 0 radical (unpaired) electrons. The summed E-state index contributed by atoms with van der Waals surface area (Å²) >= 11 is 0. The standard InChI is InChI=1S/C20H36N4O5Si/c1-13-21-17(24-29-13)14-8-9-15(22-18(25)27-10-11-30(5,6)7)16(12-14)23-19(26)28-20(2,3)4/h14-16H,8-12H2,1-7H3,(H,22,25)(H,23,26)/t14-,15-,16-/m0/s1. The van der Waals surface area contributed by atoms with Crippen LogP contribution in [0.4, 0.5) is 9.59 Å². The van der Waals surface area contributed by atoms with E-state index in [-0.39, 0.29) is 18.0 Å². The molecular formula is C20H36N4O5Si. The number of carbonyl (C=O) groups is 2. The summed E-state index contributed by atoms with van der Waals surface area (Å²) in [5.41, 5.74) is -0.609. The van der Waals surface area contributed by atoms with Gasteiger partial charge in [0.05, 0.1) is 18.7 Å². The number of nitrogens with zero attached hydrogens (tertiary/aromatic N) is 2. The van der Waals surface area contributed by atoms with Gasteiger partial charge in [-0.3, -0.25) is 0 Å². The summed E-state index contributed by atoms with van der Waals surface area (Å²) in [6, 6.07) is 0.312. The number of ether oxygens (including phenoxy) is 2. The van der Waals surface area contributed by atoms with Crippen LogP contribution < -0.4 is 10.6 Å². The number of nitrogens with one attached hydrogen (secondary N) is 2. The van der Waals surface area contributed by atoms with Crippen molar-refractivity contribution < 1.29 is 23.6 Å². The van der Waals surface area contributed by atoms with E-state index < -0.39 is 25.9 Å². The Bertz CT molecular complexity index is 726. The summed E-state index contributed by atoms with van der Waals surface area (Å²) in [5.74, 6) is 1.16. The molecule has 0 spiro atoms. The quantitative estimate of drug-likeness (QED) is 0.643. The van der Waals surface area contributed by atoms with E-state index in [1.165, 1.54) is 0 Å². The van der Waals surface area contributed by atoms with Gasteiger partial charge >= 0.3 is 12.2 Å². The third kappa shape index (κ3) is 8.33. The Morgan fingerprint density at radius 1 is 1.13 bits per heavy atom. The highest BCUT2D eigenvalue weighted by Gasteiger charge is 2.36. The van der Waals surface area contributed by atoms with Crippen LogP contribution in [0.25, 0.3) is 0 Å². The smallest absolute Gasteiger partial charge is 0.407 e. The molecule has 1 aromatic rings. The maximum Gasteiger partial charge on any atom is 0.407 e. The molecule has 0 saturated heterocycles. The molecule has 2 amide bonds. The first-order chi connectivity index (χ1) is 13.8. The van der Waals surface area contributed by atoms with Gasteiger partial charge in [0.1, 0.15) is 5.60 Å². The number of rotatable bonds is 6. The van der Waals surface area contributed by atoms with E-state index in [9.17, 15) is 9.59 Å². The number of alkyl carbamates (subject to hydrolysis) is 2. The van der Waals surface area contributed by atoms with E-state index in [0.717, 1.165) is 12.5 Å². The van der Waals surface area contributed by atoms with E-state index in [0.29, 0.717) is 31.2 Å². The number of aryl methyl sites for hydroxylation is 1. The Morgan fingerprint density at radius 3 is 2.37 bits per heavy atom. The summed E-state index contributed by atoms with van der Waals surface area (Å²) in [5, 5.41) is 9.85. The van der Waals surface area contributed by atoms with Crippen molar-refractivity contribution in [2.45, 2.75) is 96.2 Å². The molecule has 0 aliphatic heterocycles. The van der Waals surface area contributed by atoms with Gasteiger partial charge in [-0.05, 0) is 46.1 Å². The monoisotopic (exact) mass is 440 g/mol. The first-order valence-electron chi connectivity index (χ1n) is 10.6. The van der Waals surface area contributed by atoms with Gasteiger partial charge in [-0.15, -0.1) is 0 Å². The van der Waals surface area contributed by atoms with Gasteiger partial charge in [0.15, 0.2) is 5.82 Å². The van der Waals surface area contributed by atoms with E-state index in [4.69, 9.17) is 14.0 Å². The van der Waals surface area contributed by atoms with Crippen molar-refractivity contribution in [3.63, 3.8) is 0 Å². The Kier molecular flexibility index (Phi) is 7.90. The Hall–Kier alpha value is -2.10. The van der Waals surface area contributed by atoms with Crippen LogP contribution in [0.3, 0.4) is 0 Å². The molecule has 0 unspecified atom stereocenters. The molecule has 2 rings (SSSR count). The predicted octanol–water partition coefficient (Wildman–Crippen LogP) is 3.97. The van der Waals surface area contributed by atoms with Crippen molar-refractivity contribution in [2.24, 2.45) is 0 Å². The van der Waals surface area contributed by atoms with Crippen LogP contribution in [0.5, 0.6) is 0 Å². The maximum atomic E-state index is 12.4. The van der Waals surface area contributed by atoms with Gasteiger partial charge in [-0.1, -0.05) is 24.8 Å². The van der Waals surface area contributed by atoms with Crippen molar-refractivity contribution in [1.82, 2.24) is 20.8 Å². The molecule has 1 aromatic heterocycles. The molecule has 3 atom stereocenters. The van der Waals surface area contributed by atoms with E-state index >= 15 is 0 Å². The second-order valence-electron chi connectivity index (χ2n) is 10.1. The van der Waals surface area contributed by atoms with Crippen molar-refractivity contribution in [3.8, 4) is 0 Å². The van der Waals surface area contributed by atoms with Gasteiger partial charge < -0.3 is 24.6 Å². The minimum Gasteiger partial charge on any atom is -0.450 e.